The van der Waals surface area contributed by atoms with Gasteiger partial charge in [0.1, 0.15) is 0 Å². The van der Waals surface area contributed by atoms with Gasteiger partial charge in [-0.1, -0.05) is 5.16 Å². The smallest absolute Gasteiger partial charge is 0.225 e. The molecule has 118 valence electrons. The number of likely N-dealkylation sites (tertiary alicyclic amines) is 1. The van der Waals surface area contributed by atoms with Crippen LogP contribution in [0.25, 0.3) is 0 Å². The van der Waals surface area contributed by atoms with E-state index < -0.39 is 0 Å². The molecule has 0 aromatic carbocycles. The minimum atomic E-state index is 0.431. The minimum Gasteiger partial charge on any atom is -0.360 e. The number of piperidine rings is 1. The van der Waals surface area contributed by atoms with Gasteiger partial charge in [-0.15, -0.1) is 0 Å². The van der Waals surface area contributed by atoms with Crippen molar-refractivity contribution in [1.29, 1.82) is 0 Å². The Bertz CT molecular complexity index is 609. The normalized spacial score (nSPS) is 19.3. The van der Waals surface area contributed by atoms with Crippen LogP contribution in [0.15, 0.2) is 23.0 Å². The molecular weight excluding hydrogens is 278 g/mol. The first-order chi connectivity index (χ1) is 10.6. The van der Waals surface area contributed by atoms with Gasteiger partial charge in [0, 0.05) is 38.1 Å². The summed E-state index contributed by atoms with van der Waals surface area (Å²) in [5.41, 5.74) is 2.02. The summed E-state index contributed by atoms with van der Waals surface area (Å²) < 4.78 is 5.33. The summed E-state index contributed by atoms with van der Waals surface area (Å²) in [7, 11) is 2.08. The Morgan fingerprint density at radius 3 is 2.77 bits per heavy atom. The zero-order chi connectivity index (χ0) is 15.5. The summed E-state index contributed by atoms with van der Waals surface area (Å²) in [5, 5.41) is 3.96. The SMILES string of the molecule is Cc1cnc(N(C)C2CCCN(Cc3cc(C)no3)C2)nc1. The lowest BCUT2D eigenvalue weighted by Gasteiger charge is -2.37. The molecule has 2 aromatic heterocycles. The first-order valence-electron chi connectivity index (χ1n) is 7.78. The first kappa shape index (κ1) is 15.0. The zero-order valence-electron chi connectivity index (χ0n) is 13.5. The molecule has 1 saturated heterocycles. The molecule has 0 aliphatic carbocycles. The van der Waals surface area contributed by atoms with E-state index in [9.17, 15) is 0 Å². The minimum absolute atomic E-state index is 0.431. The van der Waals surface area contributed by atoms with Crippen LogP contribution in [-0.4, -0.2) is 46.2 Å². The van der Waals surface area contributed by atoms with Gasteiger partial charge in [0.2, 0.25) is 5.95 Å². The monoisotopic (exact) mass is 301 g/mol. The molecule has 6 nitrogen and oxygen atoms in total. The quantitative estimate of drug-likeness (QED) is 0.862. The van der Waals surface area contributed by atoms with Crippen LogP contribution in [0.1, 0.15) is 29.9 Å². The van der Waals surface area contributed by atoms with Crippen LogP contribution in [0.4, 0.5) is 5.95 Å². The van der Waals surface area contributed by atoms with Gasteiger partial charge in [0.05, 0.1) is 12.2 Å². The number of aromatic nitrogens is 3. The van der Waals surface area contributed by atoms with Gasteiger partial charge in [-0.25, -0.2) is 9.97 Å². The maximum Gasteiger partial charge on any atom is 0.225 e. The number of hydrogen-bond donors (Lipinski definition) is 0. The van der Waals surface area contributed by atoms with Gasteiger partial charge < -0.3 is 9.42 Å². The largest absolute Gasteiger partial charge is 0.360 e. The molecule has 1 unspecified atom stereocenters. The Morgan fingerprint density at radius 2 is 2.09 bits per heavy atom. The van der Waals surface area contributed by atoms with E-state index >= 15 is 0 Å². The molecule has 1 aliphatic heterocycles. The third kappa shape index (κ3) is 3.44. The highest BCUT2D eigenvalue weighted by atomic mass is 16.5. The highest BCUT2D eigenvalue weighted by Gasteiger charge is 2.25. The lowest BCUT2D eigenvalue weighted by Crippen LogP contribution is -2.46. The predicted molar refractivity (Wildman–Crippen MR) is 84.7 cm³/mol. The van der Waals surface area contributed by atoms with Gasteiger partial charge in [0.15, 0.2) is 5.76 Å². The van der Waals surface area contributed by atoms with E-state index in [4.69, 9.17) is 4.52 Å². The van der Waals surface area contributed by atoms with E-state index in [1.54, 1.807) is 0 Å². The second-order valence-electron chi connectivity index (χ2n) is 6.14. The maximum absolute atomic E-state index is 5.33. The summed E-state index contributed by atoms with van der Waals surface area (Å²) in [6.45, 7) is 6.87. The Hall–Kier alpha value is -1.95. The van der Waals surface area contributed by atoms with Gasteiger partial charge in [-0.3, -0.25) is 4.90 Å². The molecule has 1 atom stereocenters. The number of anilines is 1. The van der Waals surface area contributed by atoms with Gasteiger partial charge in [-0.2, -0.15) is 0 Å². The van der Waals surface area contributed by atoms with Crippen LogP contribution in [0.2, 0.25) is 0 Å². The lowest BCUT2D eigenvalue weighted by molar-refractivity contribution is 0.178. The van der Waals surface area contributed by atoms with E-state index in [0.29, 0.717) is 6.04 Å². The number of aryl methyl sites for hydroxylation is 2. The topological polar surface area (TPSA) is 58.3 Å². The molecule has 1 aliphatic rings. The first-order valence-corrected chi connectivity index (χ1v) is 7.78. The van der Waals surface area contributed by atoms with Crippen LogP contribution in [-0.2, 0) is 6.54 Å². The van der Waals surface area contributed by atoms with Crippen molar-refractivity contribution >= 4 is 5.95 Å². The third-order valence-electron chi connectivity index (χ3n) is 4.17. The molecule has 0 radical (unpaired) electrons. The molecule has 6 heteroatoms. The van der Waals surface area contributed by atoms with Crippen molar-refractivity contribution in [2.75, 3.05) is 25.0 Å². The zero-order valence-corrected chi connectivity index (χ0v) is 13.5. The predicted octanol–water partition coefficient (Wildman–Crippen LogP) is 2.18. The van der Waals surface area contributed by atoms with Crippen molar-refractivity contribution in [1.82, 2.24) is 20.0 Å². The summed E-state index contributed by atoms with van der Waals surface area (Å²) in [6, 6.07) is 2.44. The van der Waals surface area contributed by atoms with E-state index in [1.165, 1.54) is 12.8 Å². The Balaban J connectivity index is 1.63. The van der Waals surface area contributed by atoms with Crippen molar-refractivity contribution in [3.8, 4) is 0 Å². The van der Waals surface area contributed by atoms with Crippen LogP contribution < -0.4 is 4.90 Å². The average Bonchev–Trinajstić information content (AvgIpc) is 2.93. The fourth-order valence-corrected chi connectivity index (χ4v) is 2.93. The second-order valence-corrected chi connectivity index (χ2v) is 6.14. The van der Waals surface area contributed by atoms with Crippen LogP contribution >= 0.6 is 0 Å². The maximum atomic E-state index is 5.33. The summed E-state index contributed by atoms with van der Waals surface area (Å²) in [5.74, 6) is 1.74. The summed E-state index contributed by atoms with van der Waals surface area (Å²) in [6.07, 6.45) is 6.08. The highest BCUT2D eigenvalue weighted by Crippen LogP contribution is 2.20. The van der Waals surface area contributed by atoms with Gasteiger partial charge in [-0.05, 0) is 38.8 Å². The van der Waals surface area contributed by atoms with E-state index in [1.807, 2.05) is 32.3 Å². The standard InChI is InChI=1S/C16H23N5O/c1-12-8-17-16(18-9-12)20(3)14-5-4-6-21(10-14)11-15-7-13(2)19-22-15/h7-9,14H,4-6,10-11H2,1-3H3. The Labute approximate surface area is 131 Å². The molecule has 0 spiro atoms. The number of likely N-dealkylation sites (N-methyl/N-ethyl adjacent to an activating group) is 1. The molecule has 1 fully saturated rings. The average molecular weight is 301 g/mol. The molecule has 0 bridgehead atoms. The van der Waals surface area contributed by atoms with Crippen LogP contribution in [0, 0.1) is 13.8 Å². The molecule has 3 heterocycles. The number of hydrogen-bond acceptors (Lipinski definition) is 6. The van der Waals surface area contributed by atoms with Crippen molar-refractivity contribution < 1.29 is 4.52 Å². The summed E-state index contributed by atoms with van der Waals surface area (Å²) >= 11 is 0. The molecule has 2 aromatic rings. The number of nitrogens with zero attached hydrogens (tertiary/aromatic N) is 5. The lowest BCUT2D eigenvalue weighted by atomic mass is 10.0. The van der Waals surface area contributed by atoms with E-state index in [2.05, 4.69) is 32.0 Å². The molecule has 22 heavy (non-hydrogen) atoms. The third-order valence-corrected chi connectivity index (χ3v) is 4.17. The van der Waals surface area contributed by atoms with Gasteiger partial charge >= 0.3 is 0 Å². The fourth-order valence-electron chi connectivity index (χ4n) is 2.93. The van der Waals surface area contributed by atoms with Crippen molar-refractivity contribution in [3.63, 3.8) is 0 Å². The summed E-state index contributed by atoms with van der Waals surface area (Å²) in [4.78, 5) is 13.5. The fraction of sp³-hybridized carbons (Fsp3) is 0.562. The van der Waals surface area contributed by atoms with Crippen molar-refractivity contribution in [2.45, 2.75) is 39.3 Å². The molecule has 0 amide bonds. The number of rotatable bonds is 4. The second kappa shape index (κ2) is 6.44. The van der Waals surface area contributed by atoms with Crippen molar-refractivity contribution in [3.05, 3.63) is 35.5 Å². The molecule has 0 N–H and O–H groups in total. The van der Waals surface area contributed by atoms with E-state index in [0.717, 1.165) is 42.6 Å². The molecule has 0 saturated carbocycles. The highest BCUT2D eigenvalue weighted by molar-refractivity contribution is 5.30. The van der Waals surface area contributed by atoms with Gasteiger partial charge in [0.25, 0.3) is 0 Å². The van der Waals surface area contributed by atoms with Crippen LogP contribution in [0.5, 0.6) is 0 Å². The van der Waals surface area contributed by atoms with Crippen molar-refractivity contribution in [2.24, 2.45) is 0 Å². The Kier molecular flexibility index (Phi) is 4.38. The molecule has 3 rings (SSSR count). The molecular formula is C16H23N5O. The van der Waals surface area contributed by atoms with E-state index in [-0.39, 0.29) is 0 Å². The Morgan fingerprint density at radius 1 is 1.32 bits per heavy atom. The van der Waals surface area contributed by atoms with Crippen LogP contribution in [0.3, 0.4) is 0 Å².